The molecule has 5 nitrogen and oxygen atoms in total. The van der Waals surface area contributed by atoms with Crippen LogP contribution in [0.2, 0.25) is 5.15 Å². The normalized spacial score (nSPS) is 10.2. The third-order valence-corrected chi connectivity index (χ3v) is 2.56. The molecule has 0 fully saturated rings. The summed E-state index contributed by atoms with van der Waals surface area (Å²) in [4.78, 5) is 17.9. The van der Waals surface area contributed by atoms with E-state index in [-0.39, 0.29) is 16.5 Å². The van der Waals surface area contributed by atoms with E-state index in [1.807, 2.05) is 19.1 Å². The number of aryl methyl sites for hydroxylation is 1. The van der Waals surface area contributed by atoms with Crippen molar-refractivity contribution in [2.75, 3.05) is 0 Å². The van der Waals surface area contributed by atoms with E-state index in [4.69, 9.17) is 11.6 Å². The lowest BCUT2D eigenvalue weighted by Crippen LogP contribution is -1.97. The lowest BCUT2D eigenvalue weighted by atomic mass is 10.1. The van der Waals surface area contributed by atoms with Crippen molar-refractivity contribution in [3.8, 4) is 11.3 Å². The molecule has 1 aromatic carbocycles. The van der Waals surface area contributed by atoms with Gasteiger partial charge < -0.3 is 0 Å². The average molecular weight is 250 g/mol. The highest BCUT2D eigenvalue weighted by Gasteiger charge is 2.22. The van der Waals surface area contributed by atoms with Crippen molar-refractivity contribution < 1.29 is 4.92 Å². The van der Waals surface area contributed by atoms with Gasteiger partial charge in [-0.15, -0.1) is 0 Å². The van der Waals surface area contributed by atoms with Gasteiger partial charge in [0.2, 0.25) is 5.15 Å². The molecule has 0 atom stereocenters. The van der Waals surface area contributed by atoms with Gasteiger partial charge in [-0.05, 0) is 6.92 Å². The molecule has 17 heavy (non-hydrogen) atoms. The van der Waals surface area contributed by atoms with Crippen molar-refractivity contribution in [2.45, 2.75) is 6.92 Å². The number of nitro groups is 1. The molecule has 1 aromatic heterocycles. The summed E-state index contributed by atoms with van der Waals surface area (Å²) < 4.78 is 0. The van der Waals surface area contributed by atoms with Crippen LogP contribution in [0.5, 0.6) is 0 Å². The molecule has 86 valence electrons. The Hall–Kier alpha value is -2.01. The molecular formula is C11H8ClN3O2. The molecule has 6 heteroatoms. The van der Waals surface area contributed by atoms with Gasteiger partial charge in [0.1, 0.15) is 6.33 Å². The number of benzene rings is 1. The third kappa shape index (κ3) is 2.24. The molecule has 0 N–H and O–H groups in total. The predicted molar refractivity (Wildman–Crippen MR) is 63.9 cm³/mol. The van der Waals surface area contributed by atoms with E-state index in [2.05, 4.69) is 9.97 Å². The second-order valence-corrected chi connectivity index (χ2v) is 3.84. The fourth-order valence-corrected chi connectivity index (χ4v) is 1.64. The fraction of sp³-hybridized carbons (Fsp3) is 0.0909. The van der Waals surface area contributed by atoms with E-state index in [0.717, 1.165) is 5.56 Å². The third-order valence-electron chi connectivity index (χ3n) is 2.29. The number of hydrogen-bond acceptors (Lipinski definition) is 4. The minimum Gasteiger partial charge on any atom is -0.258 e. The summed E-state index contributed by atoms with van der Waals surface area (Å²) >= 11 is 5.71. The van der Waals surface area contributed by atoms with Crippen LogP contribution < -0.4 is 0 Å². The number of rotatable bonds is 2. The summed E-state index contributed by atoms with van der Waals surface area (Å²) in [5.41, 5.74) is 1.68. The molecule has 0 bridgehead atoms. The number of hydrogen-bond donors (Lipinski definition) is 0. The molecule has 0 saturated carbocycles. The molecule has 0 unspecified atom stereocenters. The van der Waals surface area contributed by atoms with Crippen molar-refractivity contribution >= 4 is 17.3 Å². The SMILES string of the molecule is Cc1ccc(-c2ncnc(Cl)c2[N+](=O)[O-])cc1. The molecule has 0 amide bonds. The topological polar surface area (TPSA) is 68.9 Å². The minimum atomic E-state index is -0.572. The van der Waals surface area contributed by atoms with Gasteiger partial charge in [0.15, 0.2) is 5.69 Å². The van der Waals surface area contributed by atoms with Crippen LogP contribution in [0.25, 0.3) is 11.3 Å². The van der Waals surface area contributed by atoms with Crippen molar-refractivity contribution in [2.24, 2.45) is 0 Å². The Bertz CT molecular complexity index is 569. The summed E-state index contributed by atoms with van der Waals surface area (Å²) in [6.07, 6.45) is 1.21. The highest BCUT2D eigenvalue weighted by molar-refractivity contribution is 6.31. The first-order valence-electron chi connectivity index (χ1n) is 4.81. The molecular weight excluding hydrogens is 242 g/mol. The van der Waals surface area contributed by atoms with E-state index in [0.29, 0.717) is 5.56 Å². The lowest BCUT2D eigenvalue weighted by molar-refractivity contribution is -0.384. The molecule has 2 aromatic rings. The fourth-order valence-electron chi connectivity index (χ4n) is 1.44. The molecule has 2 rings (SSSR count). The van der Waals surface area contributed by atoms with Crippen molar-refractivity contribution in [3.05, 3.63) is 51.4 Å². The van der Waals surface area contributed by atoms with Gasteiger partial charge in [-0.3, -0.25) is 10.1 Å². The van der Waals surface area contributed by atoms with E-state index < -0.39 is 4.92 Å². The first-order valence-corrected chi connectivity index (χ1v) is 5.19. The molecule has 1 heterocycles. The van der Waals surface area contributed by atoms with Crippen molar-refractivity contribution in [1.82, 2.24) is 9.97 Å². The van der Waals surface area contributed by atoms with Crippen molar-refractivity contribution in [1.29, 1.82) is 0 Å². The first-order chi connectivity index (χ1) is 8.09. The quantitative estimate of drug-likeness (QED) is 0.466. The van der Waals surface area contributed by atoms with E-state index >= 15 is 0 Å². The predicted octanol–water partition coefficient (Wildman–Crippen LogP) is 3.01. The monoisotopic (exact) mass is 249 g/mol. The molecule has 0 aliphatic rings. The second kappa shape index (κ2) is 4.47. The smallest absolute Gasteiger partial charge is 0.258 e. The summed E-state index contributed by atoms with van der Waals surface area (Å²) in [7, 11) is 0. The molecule has 0 aliphatic heterocycles. The number of nitrogens with zero attached hydrogens (tertiary/aromatic N) is 3. The van der Waals surface area contributed by atoms with Crippen LogP contribution in [0, 0.1) is 17.0 Å². The molecule has 0 radical (unpaired) electrons. The van der Waals surface area contributed by atoms with Crippen molar-refractivity contribution in [3.63, 3.8) is 0 Å². The molecule has 0 aliphatic carbocycles. The highest BCUT2D eigenvalue weighted by atomic mass is 35.5. The summed E-state index contributed by atoms with van der Waals surface area (Å²) in [6, 6.07) is 7.24. The summed E-state index contributed by atoms with van der Waals surface area (Å²) in [6.45, 7) is 1.94. The zero-order chi connectivity index (χ0) is 12.4. The Kier molecular flexibility index (Phi) is 3.01. The number of aromatic nitrogens is 2. The zero-order valence-corrected chi connectivity index (χ0v) is 9.68. The van der Waals surface area contributed by atoms with Crippen LogP contribution in [-0.2, 0) is 0 Å². The maximum atomic E-state index is 10.9. The van der Waals surface area contributed by atoms with Gasteiger partial charge in [-0.2, -0.15) is 0 Å². The summed E-state index contributed by atoms with van der Waals surface area (Å²) in [5.74, 6) is 0. The second-order valence-electron chi connectivity index (χ2n) is 3.48. The average Bonchev–Trinajstić information content (AvgIpc) is 2.29. The van der Waals surface area contributed by atoms with E-state index in [9.17, 15) is 10.1 Å². The van der Waals surface area contributed by atoms with Crippen LogP contribution >= 0.6 is 11.6 Å². The van der Waals surface area contributed by atoms with Gasteiger partial charge in [-0.25, -0.2) is 9.97 Å². The lowest BCUT2D eigenvalue weighted by Gasteiger charge is -2.03. The standard InChI is InChI=1S/C11H8ClN3O2/c1-7-2-4-8(5-3-7)9-10(15(16)17)11(12)14-6-13-9/h2-6H,1H3. The Morgan fingerprint density at radius 3 is 2.47 bits per heavy atom. The molecule has 0 spiro atoms. The molecule has 0 saturated heterocycles. The Balaban J connectivity index is 2.63. The van der Waals surface area contributed by atoms with Crippen LogP contribution in [-0.4, -0.2) is 14.9 Å². The number of halogens is 1. The van der Waals surface area contributed by atoms with Crippen LogP contribution in [0.15, 0.2) is 30.6 Å². The minimum absolute atomic E-state index is 0.152. The highest BCUT2D eigenvalue weighted by Crippen LogP contribution is 2.32. The zero-order valence-electron chi connectivity index (χ0n) is 8.92. The van der Waals surface area contributed by atoms with E-state index in [1.54, 1.807) is 12.1 Å². The van der Waals surface area contributed by atoms with Crippen LogP contribution in [0.1, 0.15) is 5.56 Å². The van der Waals surface area contributed by atoms with Gasteiger partial charge in [0, 0.05) is 5.56 Å². The maximum Gasteiger partial charge on any atom is 0.332 e. The van der Waals surface area contributed by atoms with Gasteiger partial charge in [0.25, 0.3) is 0 Å². The van der Waals surface area contributed by atoms with Crippen LogP contribution in [0.3, 0.4) is 0 Å². The largest absolute Gasteiger partial charge is 0.332 e. The van der Waals surface area contributed by atoms with Crippen LogP contribution in [0.4, 0.5) is 5.69 Å². The van der Waals surface area contributed by atoms with Gasteiger partial charge >= 0.3 is 5.69 Å². The van der Waals surface area contributed by atoms with Gasteiger partial charge in [-0.1, -0.05) is 41.4 Å². The van der Waals surface area contributed by atoms with E-state index in [1.165, 1.54) is 6.33 Å². The first kappa shape index (κ1) is 11.5. The maximum absolute atomic E-state index is 10.9. The van der Waals surface area contributed by atoms with Gasteiger partial charge in [0.05, 0.1) is 4.92 Å². The Morgan fingerprint density at radius 1 is 1.24 bits per heavy atom. The Labute approximate surface area is 102 Å². The summed E-state index contributed by atoms with van der Waals surface area (Å²) in [5, 5.41) is 10.8. The Morgan fingerprint density at radius 2 is 1.88 bits per heavy atom.